The van der Waals surface area contributed by atoms with Gasteiger partial charge in [0.05, 0.1) is 5.60 Å². The minimum absolute atomic E-state index is 0.541. The normalized spacial score (nSPS) is 37.3. The zero-order valence-electron chi connectivity index (χ0n) is 13.3. The molecule has 1 aliphatic carbocycles. The molecule has 0 amide bonds. The van der Waals surface area contributed by atoms with Crippen LogP contribution in [-0.2, 0) is 4.74 Å². The number of piperidine rings is 1. The molecule has 3 N–H and O–H groups in total. The lowest BCUT2D eigenvalue weighted by Crippen LogP contribution is -2.54. The summed E-state index contributed by atoms with van der Waals surface area (Å²) in [6.45, 7) is 3.34. The molecule has 3 unspecified atom stereocenters. The smallest absolute Gasteiger partial charge is 0.0815 e. The van der Waals surface area contributed by atoms with Crippen LogP contribution in [0.1, 0.15) is 57.8 Å². The van der Waals surface area contributed by atoms with Crippen molar-refractivity contribution in [3.63, 3.8) is 0 Å². The third-order valence-electron chi connectivity index (χ3n) is 5.80. The Morgan fingerprint density at radius 3 is 2.57 bits per heavy atom. The van der Waals surface area contributed by atoms with Gasteiger partial charge in [0.15, 0.2) is 0 Å². The third-order valence-corrected chi connectivity index (χ3v) is 5.80. The van der Waals surface area contributed by atoms with Gasteiger partial charge in [-0.2, -0.15) is 0 Å². The summed E-state index contributed by atoms with van der Waals surface area (Å²) < 4.78 is 5.38. The van der Waals surface area contributed by atoms with Crippen LogP contribution in [0.4, 0.5) is 0 Å². The lowest BCUT2D eigenvalue weighted by molar-refractivity contribution is -0.0644. The van der Waals surface area contributed by atoms with Gasteiger partial charge in [0.25, 0.3) is 0 Å². The number of ether oxygens (including phenoxy) is 1. The Labute approximate surface area is 129 Å². The first-order valence-electron chi connectivity index (χ1n) is 9.04. The van der Waals surface area contributed by atoms with E-state index < -0.39 is 5.60 Å². The highest BCUT2D eigenvalue weighted by Crippen LogP contribution is 2.31. The van der Waals surface area contributed by atoms with Crippen molar-refractivity contribution in [2.24, 2.45) is 5.92 Å². The van der Waals surface area contributed by atoms with Gasteiger partial charge >= 0.3 is 0 Å². The topological polar surface area (TPSA) is 53.5 Å². The molecule has 3 rings (SSSR count). The highest BCUT2D eigenvalue weighted by molar-refractivity contribution is 4.93. The average Bonchev–Trinajstić information content (AvgIpc) is 2.55. The van der Waals surface area contributed by atoms with Gasteiger partial charge in [-0.3, -0.25) is 0 Å². The Hall–Kier alpha value is -0.160. The molecule has 2 saturated heterocycles. The molecule has 21 heavy (non-hydrogen) atoms. The third kappa shape index (κ3) is 4.19. The Bertz CT molecular complexity index is 312. The maximum absolute atomic E-state index is 10.6. The van der Waals surface area contributed by atoms with Crippen molar-refractivity contribution in [1.29, 1.82) is 0 Å². The molecule has 4 heteroatoms. The summed E-state index contributed by atoms with van der Waals surface area (Å²) >= 11 is 0. The predicted octanol–water partition coefficient (Wildman–Crippen LogP) is 1.82. The van der Waals surface area contributed by atoms with E-state index in [-0.39, 0.29) is 0 Å². The summed E-state index contributed by atoms with van der Waals surface area (Å²) in [5, 5.41) is 18.1. The van der Waals surface area contributed by atoms with Crippen LogP contribution >= 0.6 is 0 Å². The first kappa shape index (κ1) is 15.7. The minimum Gasteiger partial charge on any atom is -0.388 e. The lowest BCUT2D eigenvalue weighted by atomic mass is 9.77. The molecule has 0 radical (unpaired) electrons. The second kappa shape index (κ2) is 7.40. The molecule has 2 heterocycles. The summed E-state index contributed by atoms with van der Waals surface area (Å²) in [6, 6.07) is 1.28. The lowest BCUT2D eigenvalue weighted by Gasteiger charge is -2.42. The number of hydrogen-bond acceptors (Lipinski definition) is 4. The van der Waals surface area contributed by atoms with E-state index in [1.807, 2.05) is 0 Å². The van der Waals surface area contributed by atoms with Crippen molar-refractivity contribution in [2.45, 2.75) is 75.5 Å². The van der Waals surface area contributed by atoms with Crippen molar-refractivity contribution in [3.8, 4) is 0 Å². The summed E-state index contributed by atoms with van der Waals surface area (Å²) in [7, 11) is 0. The standard InChI is InChI=1S/C17H32N2O2/c20-17(8-11-21-12-9-17)13-19-16-6-2-1-5-14(16)15-7-3-4-10-18-15/h14-16,18-20H,1-13H2. The minimum atomic E-state index is -0.541. The molecule has 3 aliphatic rings. The summed E-state index contributed by atoms with van der Waals surface area (Å²) in [6.07, 6.45) is 10.9. The van der Waals surface area contributed by atoms with Crippen molar-refractivity contribution >= 4 is 0 Å². The summed E-state index contributed by atoms with van der Waals surface area (Å²) in [5.74, 6) is 0.752. The molecule has 0 bridgehead atoms. The van der Waals surface area contributed by atoms with E-state index in [0.29, 0.717) is 25.3 Å². The van der Waals surface area contributed by atoms with Crippen LogP contribution in [0.15, 0.2) is 0 Å². The molecule has 1 saturated carbocycles. The molecule has 0 aromatic rings. The fourth-order valence-corrected chi connectivity index (χ4v) is 4.39. The van der Waals surface area contributed by atoms with E-state index in [2.05, 4.69) is 10.6 Å². The van der Waals surface area contributed by atoms with E-state index in [1.165, 1.54) is 51.5 Å². The molecule has 4 nitrogen and oxygen atoms in total. The number of aliphatic hydroxyl groups is 1. The zero-order chi connectivity index (χ0) is 14.5. The molecular formula is C17H32N2O2. The van der Waals surface area contributed by atoms with Gasteiger partial charge in [0.1, 0.15) is 0 Å². The largest absolute Gasteiger partial charge is 0.388 e. The Balaban J connectivity index is 1.53. The number of rotatable bonds is 4. The van der Waals surface area contributed by atoms with Crippen molar-refractivity contribution < 1.29 is 9.84 Å². The van der Waals surface area contributed by atoms with Crippen LogP contribution in [-0.4, -0.2) is 49.1 Å². The van der Waals surface area contributed by atoms with Gasteiger partial charge in [-0.25, -0.2) is 0 Å². The van der Waals surface area contributed by atoms with E-state index >= 15 is 0 Å². The Kier molecular flexibility index (Phi) is 5.54. The molecule has 3 fully saturated rings. The van der Waals surface area contributed by atoms with E-state index in [0.717, 1.165) is 25.3 Å². The number of hydrogen-bond donors (Lipinski definition) is 3. The van der Waals surface area contributed by atoms with Crippen LogP contribution in [0.2, 0.25) is 0 Å². The van der Waals surface area contributed by atoms with Crippen LogP contribution in [0.3, 0.4) is 0 Å². The second-order valence-corrected chi connectivity index (χ2v) is 7.33. The second-order valence-electron chi connectivity index (χ2n) is 7.33. The predicted molar refractivity (Wildman–Crippen MR) is 84.4 cm³/mol. The SMILES string of the molecule is OC1(CNC2CCCCC2C2CCCCN2)CCOCC1. The van der Waals surface area contributed by atoms with Gasteiger partial charge in [-0.05, 0) is 38.1 Å². The van der Waals surface area contributed by atoms with Gasteiger partial charge in [-0.15, -0.1) is 0 Å². The van der Waals surface area contributed by atoms with Crippen molar-refractivity contribution in [2.75, 3.05) is 26.3 Å². The molecular weight excluding hydrogens is 264 g/mol. The van der Waals surface area contributed by atoms with Crippen molar-refractivity contribution in [1.82, 2.24) is 10.6 Å². The molecule has 3 atom stereocenters. The van der Waals surface area contributed by atoms with Gasteiger partial charge in [0, 0.05) is 44.7 Å². The van der Waals surface area contributed by atoms with Gasteiger partial charge in [-0.1, -0.05) is 19.3 Å². The van der Waals surface area contributed by atoms with Crippen LogP contribution in [0, 0.1) is 5.92 Å². The highest BCUT2D eigenvalue weighted by atomic mass is 16.5. The molecule has 0 aromatic carbocycles. The quantitative estimate of drug-likeness (QED) is 0.741. The van der Waals surface area contributed by atoms with Crippen LogP contribution in [0.5, 0.6) is 0 Å². The maximum Gasteiger partial charge on any atom is 0.0815 e. The maximum atomic E-state index is 10.6. The van der Waals surface area contributed by atoms with E-state index in [4.69, 9.17) is 4.74 Å². The molecule has 2 aliphatic heterocycles. The fraction of sp³-hybridized carbons (Fsp3) is 1.00. The first-order valence-corrected chi connectivity index (χ1v) is 9.04. The van der Waals surface area contributed by atoms with Crippen LogP contribution in [0.25, 0.3) is 0 Å². The molecule has 0 spiro atoms. The first-order chi connectivity index (χ1) is 10.3. The monoisotopic (exact) mass is 296 g/mol. The Morgan fingerprint density at radius 2 is 1.81 bits per heavy atom. The number of nitrogens with one attached hydrogen (secondary N) is 2. The average molecular weight is 296 g/mol. The molecule has 0 aromatic heterocycles. The molecule has 122 valence electrons. The summed E-state index contributed by atoms with van der Waals surface area (Å²) in [5.41, 5.74) is -0.541. The summed E-state index contributed by atoms with van der Waals surface area (Å²) in [4.78, 5) is 0. The Morgan fingerprint density at radius 1 is 1.05 bits per heavy atom. The van der Waals surface area contributed by atoms with Crippen LogP contribution < -0.4 is 10.6 Å². The van der Waals surface area contributed by atoms with Gasteiger partial charge in [0.2, 0.25) is 0 Å². The highest BCUT2D eigenvalue weighted by Gasteiger charge is 2.35. The van der Waals surface area contributed by atoms with Crippen molar-refractivity contribution in [3.05, 3.63) is 0 Å². The van der Waals surface area contributed by atoms with E-state index in [1.54, 1.807) is 0 Å². The zero-order valence-corrected chi connectivity index (χ0v) is 13.3. The van der Waals surface area contributed by atoms with Gasteiger partial charge < -0.3 is 20.5 Å². The fourth-order valence-electron chi connectivity index (χ4n) is 4.39. The van der Waals surface area contributed by atoms with E-state index in [9.17, 15) is 5.11 Å².